The number of nitrogens with two attached hydrogens (primary N) is 1. The molecule has 110 valence electrons. The Kier molecular flexibility index (Phi) is 3.79. The Balaban J connectivity index is 2.49. The van der Waals surface area contributed by atoms with E-state index < -0.39 is 38.0 Å². The number of likely N-dealkylation sites (tertiary alicyclic amines) is 1. The Bertz CT molecular complexity index is 661. The van der Waals surface area contributed by atoms with Crippen LogP contribution >= 0.6 is 0 Å². The van der Waals surface area contributed by atoms with E-state index in [-0.39, 0.29) is 5.92 Å². The van der Waals surface area contributed by atoms with Crippen LogP contribution < -0.4 is 5.14 Å². The number of carbonyl (C=O) groups is 1. The molecule has 1 aliphatic rings. The third-order valence-corrected chi connectivity index (χ3v) is 4.22. The van der Waals surface area contributed by atoms with Gasteiger partial charge in [0.1, 0.15) is 16.3 Å². The van der Waals surface area contributed by atoms with E-state index >= 15 is 0 Å². The Labute approximate surface area is 115 Å². The first kappa shape index (κ1) is 14.9. The maximum atomic E-state index is 14.1. The number of rotatable bonds is 2. The average Bonchev–Trinajstić information content (AvgIpc) is 2.74. The van der Waals surface area contributed by atoms with E-state index in [1.165, 1.54) is 4.90 Å². The van der Waals surface area contributed by atoms with Gasteiger partial charge in [-0.3, -0.25) is 4.79 Å². The number of carbonyl (C=O) groups excluding carboxylic acids is 1. The molecule has 1 fully saturated rings. The minimum atomic E-state index is -4.35. The van der Waals surface area contributed by atoms with Crippen molar-refractivity contribution in [3.05, 3.63) is 29.3 Å². The van der Waals surface area contributed by atoms with Crippen molar-refractivity contribution in [1.82, 2.24) is 4.90 Å². The van der Waals surface area contributed by atoms with Crippen LogP contribution in [0, 0.1) is 17.6 Å². The number of halogens is 2. The maximum absolute atomic E-state index is 14.1. The minimum absolute atomic E-state index is 0.242. The zero-order valence-electron chi connectivity index (χ0n) is 10.8. The summed E-state index contributed by atoms with van der Waals surface area (Å²) in [7, 11) is -4.35. The van der Waals surface area contributed by atoms with E-state index in [4.69, 9.17) is 5.14 Å². The lowest BCUT2D eigenvalue weighted by Crippen LogP contribution is -2.31. The van der Waals surface area contributed by atoms with Crippen molar-refractivity contribution in [3.63, 3.8) is 0 Å². The standard InChI is InChI=1S/C12H14F2N2O3S/c1-7-4-5-16(6-7)12(17)10-8(13)2-3-9(11(10)14)20(15,18)19/h2-3,7H,4-6H2,1H3,(H2,15,18,19). The molecular weight excluding hydrogens is 290 g/mol. The molecule has 2 N–H and O–H groups in total. The van der Waals surface area contributed by atoms with Gasteiger partial charge in [0.15, 0.2) is 5.82 Å². The third-order valence-electron chi connectivity index (χ3n) is 3.29. The molecule has 1 unspecified atom stereocenters. The molecule has 1 saturated heterocycles. The molecule has 8 heteroatoms. The fraction of sp³-hybridized carbons (Fsp3) is 0.417. The smallest absolute Gasteiger partial charge is 0.259 e. The molecule has 20 heavy (non-hydrogen) atoms. The number of sulfonamides is 1. The number of nitrogens with zero attached hydrogens (tertiary/aromatic N) is 1. The highest BCUT2D eigenvalue weighted by Crippen LogP contribution is 2.24. The number of hydrogen-bond donors (Lipinski definition) is 1. The van der Waals surface area contributed by atoms with Crippen LogP contribution in [0.25, 0.3) is 0 Å². The summed E-state index contributed by atoms with van der Waals surface area (Å²) in [6.07, 6.45) is 0.740. The van der Waals surface area contributed by atoms with Gasteiger partial charge in [-0.05, 0) is 24.5 Å². The van der Waals surface area contributed by atoms with Gasteiger partial charge in [-0.15, -0.1) is 0 Å². The first-order valence-corrected chi connectivity index (χ1v) is 7.56. The zero-order valence-corrected chi connectivity index (χ0v) is 11.6. The molecule has 0 radical (unpaired) electrons. The van der Waals surface area contributed by atoms with Crippen LogP contribution in [0.2, 0.25) is 0 Å². The molecule has 0 saturated carbocycles. The van der Waals surface area contributed by atoms with Crippen LogP contribution in [-0.4, -0.2) is 32.3 Å². The molecule has 0 spiro atoms. The molecule has 1 aliphatic heterocycles. The second kappa shape index (κ2) is 5.10. The lowest BCUT2D eigenvalue weighted by atomic mass is 10.1. The van der Waals surface area contributed by atoms with Crippen molar-refractivity contribution in [2.24, 2.45) is 11.1 Å². The van der Waals surface area contributed by atoms with Gasteiger partial charge in [-0.25, -0.2) is 22.3 Å². The fourth-order valence-electron chi connectivity index (χ4n) is 2.23. The van der Waals surface area contributed by atoms with Crippen molar-refractivity contribution in [2.45, 2.75) is 18.2 Å². The van der Waals surface area contributed by atoms with Crippen molar-refractivity contribution in [3.8, 4) is 0 Å². The molecule has 5 nitrogen and oxygen atoms in total. The molecule has 0 aliphatic carbocycles. The Morgan fingerprint density at radius 2 is 2.05 bits per heavy atom. The topological polar surface area (TPSA) is 80.5 Å². The van der Waals surface area contributed by atoms with Gasteiger partial charge < -0.3 is 4.90 Å². The molecular formula is C12H14F2N2O3S. The highest BCUT2D eigenvalue weighted by atomic mass is 32.2. The van der Waals surface area contributed by atoms with E-state index in [1.54, 1.807) is 0 Å². The summed E-state index contributed by atoms with van der Waals surface area (Å²) in [6, 6.07) is 1.44. The first-order valence-electron chi connectivity index (χ1n) is 6.02. The van der Waals surface area contributed by atoms with E-state index in [0.29, 0.717) is 19.2 Å². The third kappa shape index (κ3) is 2.66. The Morgan fingerprint density at radius 3 is 2.55 bits per heavy atom. The predicted octanol–water partition coefficient (Wildman–Crippen LogP) is 1.09. The zero-order chi connectivity index (χ0) is 15.1. The molecule has 0 bridgehead atoms. The second-order valence-corrected chi connectivity index (χ2v) is 6.45. The van der Waals surface area contributed by atoms with Crippen molar-refractivity contribution in [2.75, 3.05) is 13.1 Å². The van der Waals surface area contributed by atoms with Crippen LogP contribution in [0.5, 0.6) is 0 Å². The molecule has 1 heterocycles. The normalized spacial score (nSPS) is 19.4. The Hall–Kier alpha value is -1.54. The summed E-state index contributed by atoms with van der Waals surface area (Å²) < 4.78 is 50.2. The van der Waals surface area contributed by atoms with Crippen molar-refractivity contribution >= 4 is 15.9 Å². The lowest BCUT2D eigenvalue weighted by Gasteiger charge is -2.17. The van der Waals surface area contributed by atoms with Crippen LogP contribution in [0.3, 0.4) is 0 Å². The SMILES string of the molecule is CC1CCN(C(=O)c2c(F)ccc(S(N)(=O)=O)c2F)C1. The van der Waals surface area contributed by atoms with Crippen LogP contribution in [0.4, 0.5) is 8.78 Å². The van der Waals surface area contributed by atoms with Crippen LogP contribution in [-0.2, 0) is 10.0 Å². The number of primary sulfonamides is 1. The first-order chi connectivity index (χ1) is 9.21. The summed E-state index contributed by atoms with van der Waals surface area (Å²) in [6.45, 7) is 2.69. The summed E-state index contributed by atoms with van der Waals surface area (Å²) in [5.74, 6) is -3.14. The highest BCUT2D eigenvalue weighted by molar-refractivity contribution is 7.89. The van der Waals surface area contributed by atoms with Crippen molar-refractivity contribution < 1.29 is 22.0 Å². The largest absolute Gasteiger partial charge is 0.338 e. The van der Waals surface area contributed by atoms with Crippen molar-refractivity contribution in [1.29, 1.82) is 0 Å². The van der Waals surface area contributed by atoms with Gasteiger partial charge in [-0.2, -0.15) is 0 Å². The van der Waals surface area contributed by atoms with Gasteiger partial charge in [-0.1, -0.05) is 6.92 Å². The maximum Gasteiger partial charge on any atom is 0.259 e. The fourth-order valence-corrected chi connectivity index (χ4v) is 2.84. The molecule has 1 aromatic rings. The molecule has 2 rings (SSSR count). The van der Waals surface area contributed by atoms with E-state index in [1.807, 2.05) is 6.92 Å². The second-order valence-electron chi connectivity index (χ2n) is 4.92. The molecule has 0 aromatic heterocycles. The minimum Gasteiger partial charge on any atom is -0.338 e. The van der Waals surface area contributed by atoms with Gasteiger partial charge in [0, 0.05) is 13.1 Å². The highest BCUT2D eigenvalue weighted by Gasteiger charge is 2.31. The molecule has 1 amide bonds. The average molecular weight is 304 g/mol. The van der Waals surface area contributed by atoms with Gasteiger partial charge in [0.25, 0.3) is 5.91 Å². The lowest BCUT2D eigenvalue weighted by molar-refractivity contribution is 0.0777. The summed E-state index contributed by atoms with van der Waals surface area (Å²) in [5.41, 5.74) is -0.870. The van der Waals surface area contributed by atoms with Gasteiger partial charge in [0.2, 0.25) is 10.0 Å². The molecule has 1 atom stereocenters. The van der Waals surface area contributed by atoms with E-state index in [2.05, 4.69) is 0 Å². The quantitative estimate of drug-likeness (QED) is 0.888. The number of hydrogen-bond acceptors (Lipinski definition) is 3. The summed E-state index contributed by atoms with van der Waals surface area (Å²) in [5, 5.41) is 4.84. The number of amides is 1. The van der Waals surface area contributed by atoms with E-state index in [9.17, 15) is 22.0 Å². The van der Waals surface area contributed by atoms with Gasteiger partial charge >= 0.3 is 0 Å². The Morgan fingerprint density at radius 1 is 1.40 bits per heavy atom. The van der Waals surface area contributed by atoms with Gasteiger partial charge in [0.05, 0.1) is 0 Å². The van der Waals surface area contributed by atoms with Crippen LogP contribution in [0.1, 0.15) is 23.7 Å². The monoisotopic (exact) mass is 304 g/mol. The summed E-state index contributed by atoms with van der Waals surface area (Å²) in [4.78, 5) is 12.5. The number of benzene rings is 1. The predicted molar refractivity (Wildman–Crippen MR) is 67.4 cm³/mol. The van der Waals surface area contributed by atoms with E-state index in [0.717, 1.165) is 12.5 Å². The molecule has 1 aromatic carbocycles. The van der Waals surface area contributed by atoms with Crippen LogP contribution in [0.15, 0.2) is 17.0 Å². The summed E-state index contributed by atoms with van der Waals surface area (Å²) >= 11 is 0.